The molecule has 2 aromatic heterocycles. The van der Waals surface area contributed by atoms with Gasteiger partial charge < -0.3 is 9.64 Å². The van der Waals surface area contributed by atoms with Crippen molar-refractivity contribution in [2.75, 3.05) is 38.2 Å². The van der Waals surface area contributed by atoms with Crippen molar-refractivity contribution in [1.82, 2.24) is 14.9 Å². The molecule has 1 atom stereocenters. The first kappa shape index (κ1) is 16.6. The van der Waals surface area contributed by atoms with Gasteiger partial charge in [0, 0.05) is 37.8 Å². The quantitative estimate of drug-likeness (QED) is 0.769. The Labute approximate surface area is 147 Å². The van der Waals surface area contributed by atoms with Crippen LogP contribution in [-0.4, -0.2) is 54.1 Å². The van der Waals surface area contributed by atoms with Gasteiger partial charge in [-0.2, -0.15) is 0 Å². The first-order chi connectivity index (χ1) is 11.1. The molecule has 6 nitrogen and oxygen atoms in total. The molecule has 1 unspecified atom stereocenters. The molecule has 1 fully saturated rings. The first-order valence-corrected chi connectivity index (χ1v) is 9.30. The van der Waals surface area contributed by atoms with Crippen LogP contribution in [0.15, 0.2) is 11.6 Å². The summed E-state index contributed by atoms with van der Waals surface area (Å²) in [6.45, 7) is 5.72. The molecule has 124 valence electrons. The van der Waals surface area contributed by atoms with E-state index >= 15 is 0 Å². The number of methoxy groups -OCH3 is 1. The molecule has 1 aliphatic heterocycles. The second kappa shape index (κ2) is 7.12. The molecular formula is C14H17ClN4O2S2. The lowest BCUT2D eigenvalue weighted by atomic mass is 10.2. The molecule has 2 aromatic rings. The van der Waals surface area contributed by atoms with Crippen molar-refractivity contribution in [3.8, 4) is 0 Å². The van der Waals surface area contributed by atoms with E-state index in [1.54, 1.807) is 11.3 Å². The van der Waals surface area contributed by atoms with E-state index in [1.165, 1.54) is 18.4 Å². The fourth-order valence-corrected chi connectivity index (χ4v) is 4.52. The van der Waals surface area contributed by atoms with Crippen molar-refractivity contribution < 1.29 is 9.53 Å². The lowest BCUT2D eigenvalue weighted by Crippen LogP contribution is -2.47. The third-order valence-corrected chi connectivity index (χ3v) is 6.31. The van der Waals surface area contributed by atoms with Crippen molar-refractivity contribution in [2.45, 2.75) is 13.0 Å². The van der Waals surface area contributed by atoms with Gasteiger partial charge in [-0.25, -0.2) is 14.8 Å². The topological polar surface area (TPSA) is 58.6 Å². The molecule has 1 aliphatic rings. The highest BCUT2D eigenvalue weighted by molar-refractivity contribution is 7.18. The van der Waals surface area contributed by atoms with Crippen LogP contribution in [0.3, 0.4) is 0 Å². The molecule has 3 heterocycles. The van der Waals surface area contributed by atoms with E-state index in [0.717, 1.165) is 36.3 Å². The Hall–Kier alpha value is -1.22. The van der Waals surface area contributed by atoms with E-state index in [4.69, 9.17) is 16.3 Å². The number of piperazine rings is 1. The first-order valence-electron chi connectivity index (χ1n) is 7.23. The number of halogens is 1. The van der Waals surface area contributed by atoms with Gasteiger partial charge in [0.05, 0.1) is 13.2 Å². The van der Waals surface area contributed by atoms with Crippen LogP contribution in [0.5, 0.6) is 0 Å². The van der Waals surface area contributed by atoms with E-state index in [2.05, 4.69) is 26.7 Å². The maximum atomic E-state index is 11.6. The largest absolute Gasteiger partial charge is 0.465 e. The highest BCUT2D eigenvalue weighted by Gasteiger charge is 2.26. The van der Waals surface area contributed by atoms with Gasteiger partial charge in [-0.3, -0.25) is 4.90 Å². The summed E-state index contributed by atoms with van der Waals surface area (Å²) in [5.74, 6) is -0.435. The van der Waals surface area contributed by atoms with E-state index in [0.29, 0.717) is 10.9 Å². The number of nitrogens with zero attached hydrogens (tertiary/aromatic N) is 4. The lowest BCUT2D eigenvalue weighted by Gasteiger charge is -2.37. The third-order valence-electron chi connectivity index (χ3n) is 3.89. The van der Waals surface area contributed by atoms with Crippen LogP contribution in [0, 0.1) is 0 Å². The fourth-order valence-electron chi connectivity index (χ4n) is 2.54. The van der Waals surface area contributed by atoms with Crippen molar-refractivity contribution in [1.29, 1.82) is 0 Å². The summed E-state index contributed by atoms with van der Waals surface area (Å²) in [7, 11) is 1.34. The number of carbonyl (C=O) groups is 1. The van der Waals surface area contributed by atoms with Gasteiger partial charge in [-0.1, -0.05) is 22.9 Å². The zero-order chi connectivity index (χ0) is 16.4. The Bertz CT molecular complexity index is 668. The molecule has 0 aromatic carbocycles. The molecule has 0 spiro atoms. The number of hydrogen-bond acceptors (Lipinski definition) is 8. The number of esters is 1. The van der Waals surface area contributed by atoms with Gasteiger partial charge in [0.15, 0.2) is 15.2 Å². The monoisotopic (exact) mass is 372 g/mol. The maximum Gasteiger partial charge on any atom is 0.351 e. The van der Waals surface area contributed by atoms with Gasteiger partial charge in [0.1, 0.15) is 5.01 Å². The Morgan fingerprint density at radius 3 is 2.74 bits per heavy atom. The summed E-state index contributed by atoms with van der Waals surface area (Å²) in [5.41, 5.74) is 0. The summed E-state index contributed by atoms with van der Waals surface area (Å²) < 4.78 is 4.72. The van der Waals surface area contributed by atoms with E-state index < -0.39 is 5.97 Å². The summed E-state index contributed by atoms with van der Waals surface area (Å²) in [6, 6.07) is 0.322. The highest BCUT2D eigenvalue weighted by atomic mass is 35.5. The van der Waals surface area contributed by atoms with Crippen LogP contribution < -0.4 is 4.90 Å². The third kappa shape index (κ3) is 3.50. The predicted octanol–water partition coefficient (Wildman–Crippen LogP) is 2.92. The van der Waals surface area contributed by atoms with Crippen molar-refractivity contribution in [3.05, 3.63) is 26.6 Å². The minimum Gasteiger partial charge on any atom is -0.465 e. The molecule has 9 heteroatoms. The number of ether oxygens (including phenoxy) is 1. The maximum absolute atomic E-state index is 11.6. The zero-order valence-electron chi connectivity index (χ0n) is 12.9. The van der Waals surface area contributed by atoms with Crippen LogP contribution in [0.1, 0.15) is 27.6 Å². The number of thiazole rings is 2. The molecule has 0 N–H and O–H groups in total. The van der Waals surface area contributed by atoms with Crippen LogP contribution in [0.4, 0.5) is 5.13 Å². The minimum absolute atomic E-state index is 0.218. The SMILES string of the molecule is COC(=O)c1sc(N2CCN(C(C)c3nccs3)CC2)nc1Cl. The molecule has 3 rings (SSSR count). The summed E-state index contributed by atoms with van der Waals surface area (Å²) in [6.07, 6.45) is 1.85. The fraction of sp³-hybridized carbons (Fsp3) is 0.500. The number of aromatic nitrogens is 2. The van der Waals surface area contributed by atoms with Crippen molar-refractivity contribution in [3.63, 3.8) is 0 Å². The Morgan fingerprint density at radius 1 is 1.39 bits per heavy atom. The van der Waals surface area contributed by atoms with Crippen LogP contribution in [-0.2, 0) is 4.74 Å². The number of rotatable bonds is 4. The van der Waals surface area contributed by atoms with Crippen molar-refractivity contribution >= 4 is 45.4 Å². The van der Waals surface area contributed by atoms with Crippen molar-refractivity contribution in [2.24, 2.45) is 0 Å². The second-order valence-electron chi connectivity index (χ2n) is 5.18. The summed E-state index contributed by atoms with van der Waals surface area (Å²) in [4.78, 5) is 25.3. The van der Waals surface area contributed by atoms with Gasteiger partial charge in [0.2, 0.25) is 0 Å². The average molecular weight is 373 g/mol. The summed E-state index contributed by atoms with van der Waals surface area (Å²) >= 11 is 9.01. The zero-order valence-corrected chi connectivity index (χ0v) is 15.2. The van der Waals surface area contributed by atoms with Crippen LogP contribution in [0.25, 0.3) is 0 Å². The molecule has 0 saturated carbocycles. The van der Waals surface area contributed by atoms with Gasteiger partial charge in [-0.15, -0.1) is 11.3 Å². The van der Waals surface area contributed by atoms with Gasteiger partial charge >= 0.3 is 5.97 Å². The molecule has 0 aliphatic carbocycles. The average Bonchev–Trinajstić information content (AvgIpc) is 3.23. The Morgan fingerprint density at radius 2 is 2.13 bits per heavy atom. The summed E-state index contributed by atoms with van der Waals surface area (Å²) in [5, 5.41) is 4.14. The van der Waals surface area contributed by atoms with Crippen LogP contribution >= 0.6 is 34.3 Å². The number of carbonyl (C=O) groups excluding carboxylic acids is 1. The standard InChI is InChI=1S/C14H17ClN4O2S2/c1-9(12-16-3-8-22-12)18-4-6-19(7-5-18)14-17-11(15)10(23-14)13(20)21-2/h3,8-9H,4-7H2,1-2H3. The van der Waals surface area contributed by atoms with Gasteiger partial charge in [0.25, 0.3) is 0 Å². The molecule has 0 radical (unpaired) electrons. The molecule has 0 bridgehead atoms. The highest BCUT2D eigenvalue weighted by Crippen LogP contribution is 2.32. The van der Waals surface area contributed by atoms with Gasteiger partial charge in [-0.05, 0) is 6.92 Å². The molecule has 23 heavy (non-hydrogen) atoms. The number of anilines is 1. The molecule has 1 saturated heterocycles. The van der Waals surface area contributed by atoms with E-state index in [-0.39, 0.29) is 5.15 Å². The molecule has 0 amide bonds. The minimum atomic E-state index is -0.435. The predicted molar refractivity (Wildman–Crippen MR) is 92.8 cm³/mol. The van der Waals surface area contributed by atoms with Crippen LogP contribution in [0.2, 0.25) is 5.15 Å². The second-order valence-corrected chi connectivity index (χ2v) is 7.44. The Kier molecular flexibility index (Phi) is 5.15. The smallest absolute Gasteiger partial charge is 0.351 e. The van der Waals surface area contributed by atoms with E-state index in [1.807, 2.05) is 11.6 Å². The lowest BCUT2D eigenvalue weighted by molar-refractivity contribution is 0.0606. The Balaban J connectivity index is 1.64. The normalized spacial score (nSPS) is 17.3. The molecular weight excluding hydrogens is 356 g/mol. The number of hydrogen-bond donors (Lipinski definition) is 0. The van der Waals surface area contributed by atoms with E-state index in [9.17, 15) is 4.79 Å².